The molecular formula is C19H26N2O4. The Morgan fingerprint density at radius 1 is 1.32 bits per heavy atom. The van der Waals surface area contributed by atoms with E-state index in [-0.39, 0.29) is 24.7 Å². The number of hydrogen-bond acceptors (Lipinski definition) is 4. The van der Waals surface area contributed by atoms with Crippen molar-refractivity contribution in [1.82, 2.24) is 10.2 Å². The topological polar surface area (TPSA) is 75.7 Å². The zero-order valence-corrected chi connectivity index (χ0v) is 14.9. The number of carbonyl (C=O) groups is 3. The third-order valence-electron chi connectivity index (χ3n) is 4.38. The van der Waals surface area contributed by atoms with Crippen molar-refractivity contribution < 1.29 is 19.1 Å². The second-order valence-electron chi connectivity index (χ2n) is 6.28. The molecule has 25 heavy (non-hydrogen) atoms. The lowest BCUT2D eigenvalue weighted by molar-refractivity contribution is -0.151. The quantitative estimate of drug-likeness (QED) is 0.601. The van der Waals surface area contributed by atoms with Gasteiger partial charge in [0.05, 0.1) is 19.4 Å². The Hall–Kier alpha value is -2.37. The molecule has 2 amide bonds. The molecule has 6 heteroatoms. The summed E-state index contributed by atoms with van der Waals surface area (Å²) in [5, 5.41) is 2.72. The van der Waals surface area contributed by atoms with Crippen LogP contribution in [0.3, 0.4) is 0 Å². The van der Waals surface area contributed by atoms with Crippen molar-refractivity contribution >= 4 is 17.8 Å². The lowest BCUT2D eigenvalue weighted by atomic mass is 10.0. The van der Waals surface area contributed by atoms with Crippen LogP contribution in [0.15, 0.2) is 24.3 Å². The van der Waals surface area contributed by atoms with Gasteiger partial charge in [0.1, 0.15) is 6.04 Å². The summed E-state index contributed by atoms with van der Waals surface area (Å²) in [6.07, 6.45) is 1.84. The van der Waals surface area contributed by atoms with E-state index in [9.17, 15) is 14.4 Å². The summed E-state index contributed by atoms with van der Waals surface area (Å²) in [6.45, 7) is 5.12. The van der Waals surface area contributed by atoms with E-state index < -0.39 is 12.0 Å². The van der Waals surface area contributed by atoms with Gasteiger partial charge in [0.25, 0.3) is 0 Å². The molecule has 136 valence electrons. The van der Waals surface area contributed by atoms with Crippen LogP contribution >= 0.6 is 0 Å². The van der Waals surface area contributed by atoms with Gasteiger partial charge in [0.2, 0.25) is 11.8 Å². The molecule has 1 atom stereocenters. The minimum atomic E-state index is -0.792. The molecule has 2 rings (SSSR count). The van der Waals surface area contributed by atoms with E-state index >= 15 is 0 Å². The average Bonchev–Trinajstić information content (AvgIpc) is 2.59. The molecule has 0 saturated carbocycles. The number of piperazine rings is 1. The minimum Gasteiger partial charge on any atom is -0.466 e. The molecule has 0 aromatic heterocycles. The molecule has 0 radical (unpaired) electrons. The van der Waals surface area contributed by atoms with Crippen molar-refractivity contribution in [2.75, 3.05) is 19.7 Å². The highest BCUT2D eigenvalue weighted by molar-refractivity contribution is 5.92. The Morgan fingerprint density at radius 3 is 2.80 bits per heavy atom. The summed E-state index contributed by atoms with van der Waals surface area (Å²) < 4.78 is 5.14. The smallest absolute Gasteiger partial charge is 0.308 e. The van der Waals surface area contributed by atoms with Gasteiger partial charge in [-0.2, -0.15) is 0 Å². The van der Waals surface area contributed by atoms with Gasteiger partial charge in [0, 0.05) is 13.1 Å². The molecular weight excluding hydrogens is 320 g/mol. The molecule has 0 bridgehead atoms. The van der Waals surface area contributed by atoms with E-state index in [1.807, 2.05) is 38.1 Å². The van der Waals surface area contributed by atoms with Gasteiger partial charge >= 0.3 is 5.97 Å². The van der Waals surface area contributed by atoms with Gasteiger partial charge in [0.15, 0.2) is 0 Å². The SMILES string of the molecule is CCCCOC(=O)CC1C(=O)NCCN1C(=O)Cc1ccccc1C. The van der Waals surface area contributed by atoms with Gasteiger partial charge < -0.3 is 15.0 Å². The molecule has 6 nitrogen and oxygen atoms in total. The van der Waals surface area contributed by atoms with Crippen LogP contribution in [0.1, 0.15) is 37.3 Å². The first-order valence-corrected chi connectivity index (χ1v) is 8.80. The largest absolute Gasteiger partial charge is 0.466 e. The number of amides is 2. The number of aryl methyl sites for hydroxylation is 1. The number of esters is 1. The average molecular weight is 346 g/mol. The third-order valence-corrected chi connectivity index (χ3v) is 4.38. The van der Waals surface area contributed by atoms with Crippen LogP contribution in [0.2, 0.25) is 0 Å². The lowest BCUT2D eigenvalue weighted by Crippen LogP contribution is -2.58. The van der Waals surface area contributed by atoms with E-state index in [4.69, 9.17) is 4.74 Å². The van der Waals surface area contributed by atoms with Crippen molar-refractivity contribution in [1.29, 1.82) is 0 Å². The van der Waals surface area contributed by atoms with E-state index in [1.54, 1.807) is 0 Å². The van der Waals surface area contributed by atoms with Crippen molar-refractivity contribution in [3.05, 3.63) is 35.4 Å². The second kappa shape index (κ2) is 9.20. The number of nitrogens with zero attached hydrogens (tertiary/aromatic N) is 1. The first-order chi connectivity index (χ1) is 12.0. The Morgan fingerprint density at radius 2 is 2.08 bits per heavy atom. The van der Waals surface area contributed by atoms with Crippen LogP contribution in [0.4, 0.5) is 0 Å². The van der Waals surface area contributed by atoms with E-state index in [0.717, 1.165) is 24.0 Å². The fraction of sp³-hybridized carbons (Fsp3) is 0.526. The Balaban J connectivity index is 2.02. The van der Waals surface area contributed by atoms with E-state index in [0.29, 0.717) is 19.7 Å². The number of unbranched alkanes of at least 4 members (excludes halogenated alkanes) is 1. The molecule has 0 aliphatic carbocycles. The highest BCUT2D eigenvalue weighted by Crippen LogP contribution is 2.15. The maximum atomic E-state index is 12.7. The summed E-state index contributed by atoms with van der Waals surface area (Å²) in [7, 11) is 0. The van der Waals surface area contributed by atoms with Crippen LogP contribution in [0.25, 0.3) is 0 Å². The Labute approximate surface area is 148 Å². The van der Waals surface area contributed by atoms with Crippen molar-refractivity contribution in [2.24, 2.45) is 0 Å². The normalized spacial score (nSPS) is 17.1. The van der Waals surface area contributed by atoms with Crippen LogP contribution in [-0.4, -0.2) is 48.4 Å². The monoisotopic (exact) mass is 346 g/mol. The fourth-order valence-electron chi connectivity index (χ4n) is 2.84. The molecule has 0 spiro atoms. The zero-order valence-electron chi connectivity index (χ0n) is 14.9. The molecule has 1 saturated heterocycles. The molecule has 1 heterocycles. The van der Waals surface area contributed by atoms with Gasteiger partial charge in [-0.1, -0.05) is 37.6 Å². The number of nitrogens with one attached hydrogen (secondary N) is 1. The third kappa shape index (κ3) is 5.31. The summed E-state index contributed by atoms with van der Waals surface area (Å²) >= 11 is 0. The second-order valence-corrected chi connectivity index (χ2v) is 6.28. The first kappa shape index (κ1) is 19.0. The fourth-order valence-corrected chi connectivity index (χ4v) is 2.84. The summed E-state index contributed by atoms with van der Waals surface area (Å²) in [4.78, 5) is 38.4. The maximum absolute atomic E-state index is 12.7. The standard InChI is InChI=1S/C19H26N2O4/c1-3-4-11-25-18(23)13-16-19(24)20-9-10-21(16)17(22)12-15-8-6-5-7-14(15)2/h5-8,16H,3-4,9-13H2,1-2H3,(H,20,24). The highest BCUT2D eigenvalue weighted by atomic mass is 16.5. The van der Waals surface area contributed by atoms with Crippen molar-refractivity contribution in [2.45, 2.75) is 45.6 Å². The van der Waals surface area contributed by atoms with Gasteiger partial charge in [-0.05, 0) is 24.5 Å². The molecule has 1 N–H and O–H groups in total. The minimum absolute atomic E-state index is 0.102. The van der Waals surface area contributed by atoms with Crippen LogP contribution in [-0.2, 0) is 25.5 Å². The van der Waals surface area contributed by atoms with E-state index in [2.05, 4.69) is 5.32 Å². The Kier molecular flexibility index (Phi) is 6.98. The molecule has 1 aromatic rings. The van der Waals surface area contributed by atoms with Crippen LogP contribution in [0.5, 0.6) is 0 Å². The van der Waals surface area contributed by atoms with Gasteiger partial charge in [-0.3, -0.25) is 14.4 Å². The first-order valence-electron chi connectivity index (χ1n) is 8.80. The predicted octanol–water partition coefficient (Wildman–Crippen LogP) is 1.60. The lowest BCUT2D eigenvalue weighted by Gasteiger charge is -2.34. The number of ether oxygens (including phenoxy) is 1. The van der Waals surface area contributed by atoms with Gasteiger partial charge in [-0.15, -0.1) is 0 Å². The molecule has 1 aromatic carbocycles. The summed E-state index contributed by atoms with van der Waals surface area (Å²) in [5.74, 6) is -0.878. The van der Waals surface area contributed by atoms with Gasteiger partial charge in [-0.25, -0.2) is 0 Å². The molecule has 1 aliphatic heterocycles. The molecule has 1 fully saturated rings. The number of hydrogen-bond donors (Lipinski definition) is 1. The van der Waals surface area contributed by atoms with E-state index in [1.165, 1.54) is 4.90 Å². The molecule has 1 aliphatic rings. The van der Waals surface area contributed by atoms with Crippen LogP contribution < -0.4 is 5.32 Å². The number of rotatable bonds is 7. The number of carbonyl (C=O) groups excluding carboxylic acids is 3. The van der Waals surface area contributed by atoms with Crippen LogP contribution in [0, 0.1) is 6.92 Å². The predicted molar refractivity (Wildman–Crippen MR) is 93.9 cm³/mol. The summed E-state index contributed by atoms with van der Waals surface area (Å²) in [5.41, 5.74) is 1.97. The highest BCUT2D eigenvalue weighted by Gasteiger charge is 2.35. The maximum Gasteiger partial charge on any atom is 0.308 e. The summed E-state index contributed by atoms with van der Waals surface area (Å²) in [6, 6.07) is 6.88. The zero-order chi connectivity index (χ0) is 18.2. The van der Waals surface area contributed by atoms with Crippen molar-refractivity contribution in [3.63, 3.8) is 0 Å². The number of benzene rings is 1. The van der Waals surface area contributed by atoms with Crippen molar-refractivity contribution in [3.8, 4) is 0 Å². The Bertz CT molecular complexity index is 630. The molecule has 1 unspecified atom stereocenters.